The molecule has 32 heavy (non-hydrogen) atoms. The van der Waals surface area contributed by atoms with Gasteiger partial charge in [-0.2, -0.15) is 0 Å². The quantitative estimate of drug-likeness (QED) is 0.226. The smallest absolute Gasteiger partial charge is 0.317 e. The molecule has 0 heterocycles. The van der Waals surface area contributed by atoms with E-state index in [4.69, 9.17) is 14.2 Å². The Balaban J connectivity index is 1.80. The monoisotopic (exact) mass is 435 g/mol. The van der Waals surface area contributed by atoms with E-state index >= 15 is 0 Å². The molecule has 3 aromatic carbocycles. The number of nitro groups is 1. The molecular weight excluding hydrogens is 406 g/mol. The molecule has 0 unspecified atom stereocenters. The molecule has 0 aliphatic heterocycles. The molecule has 0 fully saturated rings. The zero-order chi connectivity index (χ0) is 23.0. The molecular formula is C26H29NO5. The van der Waals surface area contributed by atoms with E-state index in [0.29, 0.717) is 0 Å². The first-order valence-corrected chi connectivity index (χ1v) is 10.5. The Hall–Kier alpha value is -3.06. The second-order valence-corrected chi connectivity index (χ2v) is 8.00. The van der Waals surface area contributed by atoms with E-state index in [1.807, 2.05) is 93.6 Å². The Labute approximate surface area is 188 Å². The van der Waals surface area contributed by atoms with E-state index in [9.17, 15) is 10.1 Å². The van der Waals surface area contributed by atoms with Crippen LogP contribution in [-0.2, 0) is 34.0 Å². The fourth-order valence-corrected chi connectivity index (χ4v) is 3.05. The minimum Gasteiger partial charge on any atom is -0.317 e. The predicted octanol–water partition coefficient (Wildman–Crippen LogP) is 5.49. The largest absolute Gasteiger partial charge is 0.352 e. The molecule has 0 aliphatic rings. The summed E-state index contributed by atoms with van der Waals surface area (Å²) < 4.78 is 17.9. The van der Waals surface area contributed by atoms with Crippen molar-refractivity contribution in [3.8, 4) is 0 Å². The third-order valence-corrected chi connectivity index (χ3v) is 5.06. The third-order valence-electron chi connectivity index (χ3n) is 5.06. The normalized spacial score (nSPS) is 11.5. The van der Waals surface area contributed by atoms with Gasteiger partial charge in [0.05, 0.1) is 19.8 Å². The lowest BCUT2D eigenvalue weighted by atomic mass is 10.1. The van der Waals surface area contributed by atoms with E-state index < -0.39 is 17.4 Å². The van der Waals surface area contributed by atoms with Crippen LogP contribution >= 0.6 is 0 Å². The number of rotatable bonds is 11. The van der Waals surface area contributed by atoms with E-state index in [1.54, 1.807) is 0 Å². The summed E-state index contributed by atoms with van der Waals surface area (Å²) in [5, 5.41) is 11.5. The van der Waals surface area contributed by atoms with Gasteiger partial charge in [0.1, 0.15) is 0 Å². The molecule has 3 rings (SSSR count). The Morgan fingerprint density at radius 2 is 0.906 bits per heavy atom. The highest BCUT2D eigenvalue weighted by molar-refractivity contribution is 5.22. The van der Waals surface area contributed by atoms with Gasteiger partial charge in [-0.15, -0.1) is 0 Å². The van der Waals surface area contributed by atoms with Crippen LogP contribution < -0.4 is 0 Å². The van der Waals surface area contributed by atoms with Crippen LogP contribution in [0.1, 0.15) is 33.4 Å². The molecule has 0 aliphatic carbocycles. The molecule has 0 spiro atoms. The second-order valence-electron chi connectivity index (χ2n) is 8.00. The lowest BCUT2D eigenvalue weighted by Gasteiger charge is -2.30. The van der Waals surface area contributed by atoms with Crippen molar-refractivity contribution < 1.29 is 19.1 Å². The van der Waals surface area contributed by atoms with Crippen molar-refractivity contribution in [2.45, 2.75) is 46.6 Å². The number of nitrogens with zero attached hydrogens (tertiary/aromatic N) is 1. The Kier molecular flexibility index (Phi) is 8.11. The molecule has 0 aromatic heterocycles. The van der Waals surface area contributed by atoms with Gasteiger partial charge in [-0.1, -0.05) is 89.5 Å². The SMILES string of the molecule is Cc1ccc(COC(C[N+](=O)[O-])(OCc2ccc(C)cc2)OCc2ccc(C)cc2)cc1. The fourth-order valence-electron chi connectivity index (χ4n) is 3.05. The maximum absolute atomic E-state index is 11.5. The lowest BCUT2D eigenvalue weighted by Crippen LogP contribution is -2.45. The van der Waals surface area contributed by atoms with Crippen molar-refractivity contribution in [1.82, 2.24) is 0 Å². The molecule has 6 heteroatoms. The highest BCUT2D eigenvalue weighted by Crippen LogP contribution is 2.23. The van der Waals surface area contributed by atoms with Gasteiger partial charge in [0.2, 0.25) is 0 Å². The van der Waals surface area contributed by atoms with Crippen LogP contribution in [0.4, 0.5) is 0 Å². The zero-order valence-electron chi connectivity index (χ0n) is 18.7. The third kappa shape index (κ3) is 7.27. The van der Waals surface area contributed by atoms with Crippen LogP contribution in [0.3, 0.4) is 0 Å². The summed E-state index contributed by atoms with van der Waals surface area (Å²) in [6.45, 7) is 5.71. The summed E-state index contributed by atoms with van der Waals surface area (Å²) in [6.07, 6.45) is 0. The number of hydrogen-bond acceptors (Lipinski definition) is 5. The van der Waals surface area contributed by atoms with Gasteiger partial charge in [-0.05, 0) is 37.5 Å². The first kappa shape index (κ1) is 23.6. The number of benzene rings is 3. The van der Waals surface area contributed by atoms with Crippen molar-refractivity contribution >= 4 is 0 Å². The average Bonchev–Trinajstić information content (AvgIpc) is 2.77. The summed E-state index contributed by atoms with van der Waals surface area (Å²) in [7, 11) is 0. The van der Waals surface area contributed by atoms with Gasteiger partial charge >= 0.3 is 5.97 Å². The first-order chi connectivity index (χ1) is 15.3. The van der Waals surface area contributed by atoms with Gasteiger partial charge < -0.3 is 14.2 Å². The molecule has 0 radical (unpaired) electrons. The van der Waals surface area contributed by atoms with E-state index in [0.717, 1.165) is 33.4 Å². The zero-order valence-corrected chi connectivity index (χ0v) is 18.7. The minimum atomic E-state index is -1.83. The molecule has 0 bridgehead atoms. The van der Waals surface area contributed by atoms with Gasteiger partial charge in [-0.25, -0.2) is 0 Å². The number of hydrogen-bond donors (Lipinski definition) is 0. The van der Waals surface area contributed by atoms with Crippen LogP contribution in [0.5, 0.6) is 0 Å². The highest BCUT2D eigenvalue weighted by Gasteiger charge is 2.40. The van der Waals surface area contributed by atoms with Crippen molar-refractivity contribution in [2.75, 3.05) is 6.54 Å². The molecule has 0 atom stereocenters. The van der Waals surface area contributed by atoms with Crippen LogP contribution in [-0.4, -0.2) is 17.4 Å². The standard InChI is InChI=1S/C26H29NO5/c1-20-4-10-23(11-5-20)16-30-26(19-27(28)29,31-17-24-12-6-21(2)7-13-24)32-18-25-14-8-22(3)9-15-25/h4-15H,16-19H2,1-3H3. The molecule has 3 aromatic rings. The molecule has 0 amide bonds. The van der Waals surface area contributed by atoms with Crippen molar-refractivity contribution in [3.63, 3.8) is 0 Å². The summed E-state index contributed by atoms with van der Waals surface area (Å²) in [5.74, 6) is -1.83. The summed E-state index contributed by atoms with van der Waals surface area (Å²) >= 11 is 0. The molecule has 0 N–H and O–H groups in total. The molecule has 0 saturated carbocycles. The Morgan fingerprint density at radius 1 is 0.625 bits per heavy atom. The van der Waals surface area contributed by atoms with Crippen molar-refractivity contribution in [2.24, 2.45) is 0 Å². The van der Waals surface area contributed by atoms with E-state index in [-0.39, 0.29) is 19.8 Å². The molecule has 168 valence electrons. The molecule has 0 saturated heterocycles. The van der Waals surface area contributed by atoms with E-state index in [2.05, 4.69) is 0 Å². The summed E-state index contributed by atoms with van der Waals surface area (Å²) in [6, 6.07) is 23.3. The topological polar surface area (TPSA) is 70.8 Å². The van der Waals surface area contributed by atoms with Crippen LogP contribution in [0.2, 0.25) is 0 Å². The maximum atomic E-state index is 11.5. The Bertz CT molecular complexity index is 877. The number of ether oxygens (including phenoxy) is 3. The lowest BCUT2D eigenvalue weighted by molar-refractivity contribution is -0.561. The van der Waals surface area contributed by atoms with Crippen LogP contribution in [0.25, 0.3) is 0 Å². The van der Waals surface area contributed by atoms with Gasteiger partial charge in [0, 0.05) is 4.92 Å². The fraction of sp³-hybridized carbons (Fsp3) is 0.308. The predicted molar refractivity (Wildman–Crippen MR) is 122 cm³/mol. The van der Waals surface area contributed by atoms with Crippen LogP contribution in [0.15, 0.2) is 72.8 Å². The van der Waals surface area contributed by atoms with Crippen LogP contribution in [0, 0.1) is 30.9 Å². The Morgan fingerprint density at radius 3 is 1.16 bits per heavy atom. The van der Waals surface area contributed by atoms with E-state index in [1.165, 1.54) is 0 Å². The second kappa shape index (κ2) is 11.0. The van der Waals surface area contributed by atoms with Crippen molar-refractivity contribution in [3.05, 3.63) is 116 Å². The number of aryl methyl sites for hydroxylation is 3. The highest BCUT2D eigenvalue weighted by atomic mass is 16.9. The molecule has 6 nitrogen and oxygen atoms in total. The van der Waals surface area contributed by atoms with Crippen molar-refractivity contribution in [1.29, 1.82) is 0 Å². The maximum Gasteiger partial charge on any atom is 0.352 e. The van der Waals surface area contributed by atoms with Gasteiger partial charge in [-0.3, -0.25) is 10.1 Å². The summed E-state index contributed by atoms with van der Waals surface area (Å²) in [4.78, 5) is 11.1. The average molecular weight is 436 g/mol. The van der Waals surface area contributed by atoms with Gasteiger partial charge in [0.25, 0.3) is 6.54 Å². The minimum absolute atomic E-state index is 0.121. The van der Waals surface area contributed by atoms with Gasteiger partial charge in [0.15, 0.2) is 0 Å². The summed E-state index contributed by atoms with van der Waals surface area (Å²) in [5.41, 5.74) is 5.99. The first-order valence-electron chi connectivity index (χ1n) is 10.5.